The number of nitrogens with zero attached hydrogens (tertiary/aromatic N) is 1. The summed E-state index contributed by atoms with van der Waals surface area (Å²) in [6.07, 6.45) is 17.7. The first kappa shape index (κ1) is 41.8. The summed E-state index contributed by atoms with van der Waals surface area (Å²) in [5.41, 5.74) is 14.3. The van der Waals surface area contributed by atoms with E-state index in [1.165, 1.54) is 11.1 Å². The molecule has 1 fully saturated rings. The van der Waals surface area contributed by atoms with Crippen molar-refractivity contribution in [2.24, 2.45) is 39.8 Å². The van der Waals surface area contributed by atoms with E-state index >= 15 is 0 Å². The lowest BCUT2D eigenvalue weighted by Gasteiger charge is -2.36. The molecular weight excluding hydrogens is 765 g/mol. The highest BCUT2D eigenvalue weighted by atomic mass is 16.5. The van der Waals surface area contributed by atoms with E-state index in [-0.39, 0.29) is 30.2 Å². The van der Waals surface area contributed by atoms with Crippen molar-refractivity contribution >= 4 is 12.0 Å². The number of aliphatic hydroxyl groups is 3. The molecular formula is C51H61N4O6+. The van der Waals surface area contributed by atoms with Gasteiger partial charge in [0, 0.05) is 43.0 Å². The molecule has 7 aliphatic rings. The predicted octanol–water partition coefficient (Wildman–Crippen LogP) is 5.07. The average Bonchev–Trinajstić information content (AvgIpc) is 4.00. The van der Waals surface area contributed by atoms with Crippen LogP contribution in [0.25, 0.3) is 0 Å². The van der Waals surface area contributed by atoms with Gasteiger partial charge in [-0.2, -0.15) is 0 Å². The van der Waals surface area contributed by atoms with Crippen LogP contribution in [0.2, 0.25) is 0 Å². The molecule has 0 aromatic heterocycles. The number of hydrogen-bond donors (Lipinski definition) is 6. The number of ketones is 1. The minimum absolute atomic E-state index is 0.0108. The molecule has 2 aromatic rings. The number of carbonyl (C=O) groups is 1. The lowest BCUT2D eigenvalue weighted by atomic mass is 9.73. The van der Waals surface area contributed by atoms with Crippen LogP contribution in [-0.2, 0) is 24.1 Å². The number of nitrogens with two attached hydrogens (primary N) is 1. The number of hydrogen-bond acceptors (Lipinski definition) is 9. The summed E-state index contributed by atoms with van der Waals surface area (Å²) in [6.45, 7) is 5.62. The summed E-state index contributed by atoms with van der Waals surface area (Å²) >= 11 is 0. The van der Waals surface area contributed by atoms with E-state index in [0.29, 0.717) is 43.7 Å². The molecule has 1 unspecified atom stereocenters. The van der Waals surface area contributed by atoms with Crippen molar-refractivity contribution in [3.05, 3.63) is 93.3 Å². The third kappa shape index (κ3) is 8.27. The van der Waals surface area contributed by atoms with Gasteiger partial charge in [0.15, 0.2) is 11.5 Å². The van der Waals surface area contributed by atoms with Gasteiger partial charge < -0.3 is 30.5 Å². The summed E-state index contributed by atoms with van der Waals surface area (Å²) in [5, 5.41) is 37.9. The largest absolute Gasteiger partial charge is 0.437 e. The fraction of sp³-hybridized carbons (Fsp3) is 0.529. The summed E-state index contributed by atoms with van der Waals surface area (Å²) in [6, 6.07) is 9.85. The molecule has 10 nitrogen and oxygen atoms in total. The molecule has 320 valence electrons. The molecule has 10 heteroatoms. The topological polar surface area (TPSA) is 151 Å². The first-order valence-corrected chi connectivity index (χ1v) is 22.8. The van der Waals surface area contributed by atoms with Gasteiger partial charge in [-0.25, -0.2) is 0 Å². The van der Waals surface area contributed by atoms with Crippen molar-refractivity contribution in [2.45, 2.75) is 128 Å². The van der Waals surface area contributed by atoms with Gasteiger partial charge in [0.2, 0.25) is 0 Å². The Kier molecular flexibility index (Phi) is 12.1. The number of rotatable bonds is 10. The first-order valence-electron chi connectivity index (χ1n) is 22.8. The quantitative estimate of drug-likeness (QED) is 0.111. The second-order valence-electron chi connectivity index (χ2n) is 18.6. The summed E-state index contributed by atoms with van der Waals surface area (Å²) < 4.78 is 13.4. The third-order valence-electron chi connectivity index (χ3n) is 14.6. The van der Waals surface area contributed by atoms with Gasteiger partial charge in [0.05, 0.1) is 23.8 Å². The van der Waals surface area contributed by atoms with E-state index in [2.05, 4.69) is 49.2 Å². The number of benzene rings is 2. The van der Waals surface area contributed by atoms with E-state index in [0.717, 1.165) is 96.3 Å². The highest BCUT2D eigenvalue weighted by Gasteiger charge is 2.51. The number of nitrogens with one attached hydrogen (secondary N) is 2. The van der Waals surface area contributed by atoms with Crippen LogP contribution in [0.15, 0.2) is 70.5 Å². The normalized spacial score (nSPS) is 30.1. The van der Waals surface area contributed by atoms with Gasteiger partial charge in [-0.05, 0) is 90.0 Å². The van der Waals surface area contributed by atoms with Crippen LogP contribution in [0.4, 0.5) is 0 Å². The van der Waals surface area contributed by atoms with E-state index in [1.54, 1.807) is 0 Å². The first-order chi connectivity index (χ1) is 29.6. The lowest BCUT2D eigenvalue weighted by molar-refractivity contribution is -0.891. The molecule has 2 aromatic carbocycles. The van der Waals surface area contributed by atoms with Crippen LogP contribution < -0.4 is 25.4 Å². The molecule has 7 N–H and O–H groups in total. The summed E-state index contributed by atoms with van der Waals surface area (Å²) in [5.74, 6) is 10.4. The van der Waals surface area contributed by atoms with Gasteiger partial charge in [-0.3, -0.25) is 20.0 Å². The molecule has 2 bridgehead atoms. The Morgan fingerprint density at radius 1 is 1.08 bits per heavy atom. The van der Waals surface area contributed by atoms with Crippen molar-refractivity contribution < 1.29 is 34.5 Å². The number of unbranched alkanes of at least 4 members (excludes halogenated alkanes) is 2. The maximum Gasteiger partial charge on any atom is 0.252 e. The Labute approximate surface area is 360 Å². The molecule has 61 heavy (non-hydrogen) atoms. The third-order valence-corrected chi connectivity index (χ3v) is 14.6. The monoisotopic (exact) mass is 825 g/mol. The van der Waals surface area contributed by atoms with Crippen LogP contribution in [0, 0.1) is 53.0 Å². The fourth-order valence-electron chi connectivity index (χ4n) is 11.1. The van der Waals surface area contributed by atoms with E-state index in [4.69, 9.17) is 20.2 Å². The fourth-order valence-corrected chi connectivity index (χ4v) is 11.1. The minimum atomic E-state index is -1.03. The van der Waals surface area contributed by atoms with Crippen LogP contribution in [0.3, 0.4) is 0 Å². The standard InChI is InChI=1S/C51H60N4O6/c1-3-4-5-8-37(48(59)38-12-9-31(2)25-45(38)58)44(57)16-10-32-11-18-46-47(26-32)61-50-41(51(22-24-60-46)20-6-7-21-51)15-17-43(56)35-13-14-36-34(19-23-53-49(36)52)39(35)27-33-28-54-42-30-55(50)29-40(33)42/h9,11-14,18,26,28,30-31,37-38,41,43,45,48-50,53,56,58-59H,3-8,10,16,19-21,23,25,27,29,52H2,1-2H3/p+1/t31-,37-,38-,41-,43+,45-,48+,49+,50-/m1/s1. The van der Waals surface area contributed by atoms with Crippen molar-refractivity contribution in [3.8, 4) is 35.4 Å². The van der Waals surface area contributed by atoms with Gasteiger partial charge in [-0.1, -0.05) is 94.1 Å². The molecule has 5 heterocycles. The molecule has 0 saturated heterocycles. The molecule has 1 spiro atoms. The molecule has 10 atom stereocenters. The number of aliphatic hydroxyl groups excluding tert-OH is 3. The van der Waals surface area contributed by atoms with Crippen LogP contribution in [-0.4, -0.2) is 58.8 Å². The average molecular weight is 826 g/mol. The lowest BCUT2D eigenvalue weighted by Crippen LogP contribution is -3.12. The van der Waals surface area contributed by atoms with Crippen LogP contribution >= 0.6 is 0 Å². The number of quaternary nitrogens is 1. The number of aliphatic imine (C=N–C) groups is 1. The zero-order valence-corrected chi connectivity index (χ0v) is 35.6. The molecule has 5 aliphatic heterocycles. The number of aryl methyl sites for hydroxylation is 1. The van der Waals surface area contributed by atoms with Crippen molar-refractivity contribution in [1.29, 1.82) is 0 Å². The second-order valence-corrected chi connectivity index (χ2v) is 18.6. The van der Waals surface area contributed by atoms with Crippen molar-refractivity contribution in [1.82, 2.24) is 5.32 Å². The summed E-state index contributed by atoms with van der Waals surface area (Å²) in [7, 11) is 0. The molecule has 0 amide bonds. The zero-order chi connectivity index (χ0) is 42.3. The van der Waals surface area contributed by atoms with Gasteiger partial charge in [-0.15, -0.1) is 0 Å². The maximum atomic E-state index is 14.0. The predicted molar refractivity (Wildman–Crippen MR) is 234 cm³/mol. The van der Waals surface area contributed by atoms with Gasteiger partial charge in [0.25, 0.3) is 6.23 Å². The Morgan fingerprint density at radius 3 is 2.74 bits per heavy atom. The Balaban J connectivity index is 1.04. The number of fused-ring (bicyclic) bond motifs is 8. The number of carbonyl (C=O) groups excluding carboxylic acids is 1. The van der Waals surface area contributed by atoms with E-state index in [1.807, 2.05) is 48.7 Å². The molecule has 2 aliphatic carbocycles. The Hall–Kier alpha value is -4.52. The van der Waals surface area contributed by atoms with Crippen LogP contribution in [0.1, 0.15) is 118 Å². The highest BCUT2D eigenvalue weighted by molar-refractivity contribution is 5.87. The number of Topliss-reactive ketones (excluding diaryl/α,β-unsaturated/α-hetero) is 1. The minimum Gasteiger partial charge on any atom is -0.437 e. The summed E-state index contributed by atoms with van der Waals surface area (Å²) in [4.78, 5) is 20.1. The van der Waals surface area contributed by atoms with Gasteiger partial charge >= 0.3 is 0 Å². The van der Waals surface area contributed by atoms with Gasteiger partial charge in [0.1, 0.15) is 42.4 Å². The van der Waals surface area contributed by atoms with E-state index in [9.17, 15) is 20.1 Å². The number of allylic oxidation sites excluding steroid dienone is 2. The Bertz CT molecular complexity index is 2280. The van der Waals surface area contributed by atoms with Crippen LogP contribution in [0.5, 0.6) is 11.5 Å². The van der Waals surface area contributed by atoms with Crippen molar-refractivity contribution in [2.75, 3.05) is 13.1 Å². The SMILES string of the molecule is CCCCC[C@H](C(=O)CCc1ccc2c(c1)O[C@@H]1[C@@H](C#C[C@H](O)c3ccc4c(c3CC3=C5C[NH+]1C=C5N=C3)CCN[C@@H]4N)C1(C#CO2)CCCC1)[C@H](O)[C@@H]1C=C[C@@H](C)C[C@H]1O. The smallest absolute Gasteiger partial charge is 0.252 e. The Morgan fingerprint density at radius 2 is 1.92 bits per heavy atom. The maximum absolute atomic E-state index is 14.0. The molecule has 9 rings (SSSR count). The number of ether oxygens (including phenoxy) is 2. The highest BCUT2D eigenvalue weighted by Crippen LogP contribution is 2.47. The van der Waals surface area contributed by atoms with Crippen molar-refractivity contribution in [3.63, 3.8) is 0 Å². The van der Waals surface area contributed by atoms with E-state index < -0.39 is 41.8 Å². The second kappa shape index (κ2) is 17.7. The molecule has 0 radical (unpaired) electrons. The zero-order valence-electron chi connectivity index (χ0n) is 35.6. The molecule has 1 saturated carbocycles.